The molecule has 2 N–H and O–H groups in total. The highest BCUT2D eigenvalue weighted by Gasteiger charge is 2.19. The van der Waals surface area contributed by atoms with Crippen LogP contribution in [0.1, 0.15) is 31.8 Å². The second-order valence-corrected chi connectivity index (χ2v) is 6.29. The average molecular weight is 354 g/mol. The quantitative estimate of drug-likeness (QED) is 0.863. The van der Waals surface area contributed by atoms with E-state index in [2.05, 4.69) is 5.32 Å². The number of rotatable bonds is 5. The summed E-state index contributed by atoms with van der Waals surface area (Å²) in [5, 5.41) is 12.4. The van der Waals surface area contributed by atoms with Crippen molar-refractivity contribution in [2.45, 2.75) is 13.5 Å². The Balaban J connectivity index is 1.72. The molecule has 0 atom stereocenters. The van der Waals surface area contributed by atoms with E-state index >= 15 is 0 Å². The van der Waals surface area contributed by atoms with Crippen LogP contribution in [0.15, 0.2) is 42.5 Å². The van der Waals surface area contributed by atoms with Crippen molar-refractivity contribution in [1.29, 1.82) is 0 Å². The molecule has 1 saturated heterocycles. The third kappa shape index (κ3) is 4.21. The van der Waals surface area contributed by atoms with Crippen LogP contribution in [-0.2, 0) is 11.3 Å². The fourth-order valence-electron chi connectivity index (χ4n) is 2.91. The van der Waals surface area contributed by atoms with Crippen LogP contribution in [-0.4, -0.2) is 48.2 Å². The number of hydrogen-bond acceptors (Lipinski definition) is 4. The number of benzene rings is 2. The molecule has 0 unspecified atom stereocenters. The van der Waals surface area contributed by atoms with E-state index in [-0.39, 0.29) is 11.5 Å². The Morgan fingerprint density at radius 3 is 2.62 bits per heavy atom. The second kappa shape index (κ2) is 8.01. The molecule has 0 saturated carbocycles. The molecule has 0 aliphatic carbocycles. The van der Waals surface area contributed by atoms with E-state index in [9.17, 15) is 9.59 Å². The zero-order chi connectivity index (χ0) is 18.5. The minimum absolute atomic E-state index is 0.00391. The van der Waals surface area contributed by atoms with Crippen LogP contribution in [0.25, 0.3) is 0 Å². The molecule has 1 heterocycles. The molecule has 1 fully saturated rings. The van der Waals surface area contributed by atoms with E-state index in [1.165, 1.54) is 0 Å². The van der Waals surface area contributed by atoms with Crippen LogP contribution in [0.5, 0.6) is 0 Å². The van der Waals surface area contributed by atoms with Crippen molar-refractivity contribution in [3.63, 3.8) is 0 Å². The third-order valence-corrected chi connectivity index (χ3v) is 4.44. The van der Waals surface area contributed by atoms with Gasteiger partial charge in [-0.05, 0) is 42.3 Å². The first-order valence-electron chi connectivity index (χ1n) is 8.58. The standard InChI is InChI=1S/C20H22N2O4/c1-14-5-6-16(19(23)22-7-9-26-10-8-22)12-18(14)21-13-15-3-2-4-17(11-15)20(24)25/h2-6,11-12,21H,7-10,13H2,1H3,(H,24,25). The van der Waals surface area contributed by atoms with E-state index in [1.54, 1.807) is 23.1 Å². The summed E-state index contributed by atoms with van der Waals surface area (Å²) in [6, 6.07) is 12.4. The van der Waals surface area contributed by atoms with Gasteiger partial charge in [-0.1, -0.05) is 18.2 Å². The van der Waals surface area contributed by atoms with Crippen molar-refractivity contribution >= 4 is 17.6 Å². The Bertz CT molecular complexity index is 813. The number of aryl methyl sites for hydroxylation is 1. The third-order valence-electron chi connectivity index (χ3n) is 4.44. The summed E-state index contributed by atoms with van der Waals surface area (Å²) < 4.78 is 5.29. The van der Waals surface area contributed by atoms with Gasteiger partial charge < -0.3 is 20.1 Å². The molecular formula is C20H22N2O4. The topological polar surface area (TPSA) is 78.9 Å². The molecule has 26 heavy (non-hydrogen) atoms. The minimum Gasteiger partial charge on any atom is -0.478 e. The Kier molecular flexibility index (Phi) is 5.53. The van der Waals surface area contributed by atoms with Crippen LogP contribution in [0, 0.1) is 6.92 Å². The Labute approximate surface area is 152 Å². The highest BCUT2D eigenvalue weighted by Crippen LogP contribution is 2.20. The maximum Gasteiger partial charge on any atom is 0.335 e. The summed E-state index contributed by atoms with van der Waals surface area (Å²) >= 11 is 0. The Hall–Kier alpha value is -2.86. The summed E-state index contributed by atoms with van der Waals surface area (Å²) in [7, 11) is 0. The second-order valence-electron chi connectivity index (χ2n) is 6.29. The molecule has 136 valence electrons. The number of ether oxygens (including phenoxy) is 1. The van der Waals surface area contributed by atoms with Crippen LogP contribution in [0.3, 0.4) is 0 Å². The van der Waals surface area contributed by atoms with Gasteiger partial charge in [-0.2, -0.15) is 0 Å². The van der Waals surface area contributed by atoms with Gasteiger partial charge in [-0.15, -0.1) is 0 Å². The first-order chi connectivity index (χ1) is 12.5. The van der Waals surface area contributed by atoms with Gasteiger partial charge >= 0.3 is 5.97 Å². The number of carbonyl (C=O) groups excluding carboxylic acids is 1. The van der Waals surface area contributed by atoms with E-state index < -0.39 is 5.97 Å². The monoisotopic (exact) mass is 354 g/mol. The lowest BCUT2D eigenvalue weighted by molar-refractivity contribution is 0.0303. The summed E-state index contributed by atoms with van der Waals surface area (Å²) in [6.07, 6.45) is 0. The average Bonchev–Trinajstić information content (AvgIpc) is 2.67. The van der Waals surface area contributed by atoms with Crippen LogP contribution < -0.4 is 5.32 Å². The predicted octanol–water partition coefficient (Wildman–Crippen LogP) is 2.78. The number of hydrogen-bond donors (Lipinski definition) is 2. The summed E-state index contributed by atoms with van der Waals surface area (Å²) in [6.45, 7) is 4.82. The van der Waals surface area contributed by atoms with Crippen molar-refractivity contribution < 1.29 is 19.4 Å². The fraction of sp³-hybridized carbons (Fsp3) is 0.300. The van der Waals surface area contributed by atoms with Gasteiger partial charge in [-0.25, -0.2) is 4.79 Å². The van der Waals surface area contributed by atoms with Gasteiger partial charge in [0.2, 0.25) is 0 Å². The van der Waals surface area contributed by atoms with Gasteiger partial charge in [0, 0.05) is 30.9 Å². The number of carboxylic acid groups (broad SMARTS) is 1. The van der Waals surface area contributed by atoms with E-state index in [0.29, 0.717) is 38.4 Å². The van der Waals surface area contributed by atoms with Crippen molar-refractivity contribution in [3.8, 4) is 0 Å². The molecule has 3 rings (SSSR count). The number of morpholine rings is 1. The molecule has 1 amide bonds. The Morgan fingerprint density at radius 1 is 1.12 bits per heavy atom. The van der Waals surface area contributed by atoms with E-state index in [0.717, 1.165) is 16.8 Å². The number of carbonyl (C=O) groups is 2. The van der Waals surface area contributed by atoms with Crippen molar-refractivity contribution in [3.05, 3.63) is 64.7 Å². The van der Waals surface area contributed by atoms with Crippen LogP contribution in [0.2, 0.25) is 0 Å². The fourth-order valence-corrected chi connectivity index (χ4v) is 2.91. The lowest BCUT2D eigenvalue weighted by Crippen LogP contribution is -2.40. The highest BCUT2D eigenvalue weighted by atomic mass is 16.5. The lowest BCUT2D eigenvalue weighted by atomic mass is 10.1. The number of amides is 1. The summed E-state index contributed by atoms with van der Waals surface area (Å²) in [4.78, 5) is 25.5. The van der Waals surface area contributed by atoms with Crippen LogP contribution >= 0.6 is 0 Å². The lowest BCUT2D eigenvalue weighted by Gasteiger charge is -2.27. The molecular weight excluding hydrogens is 332 g/mol. The van der Waals surface area contributed by atoms with Gasteiger partial charge in [0.25, 0.3) is 5.91 Å². The Morgan fingerprint density at radius 2 is 1.88 bits per heavy atom. The van der Waals surface area contributed by atoms with Crippen molar-refractivity contribution in [2.24, 2.45) is 0 Å². The number of aromatic carboxylic acids is 1. The molecule has 0 spiro atoms. The molecule has 1 aliphatic rings. The SMILES string of the molecule is Cc1ccc(C(=O)N2CCOCC2)cc1NCc1cccc(C(=O)O)c1. The molecule has 6 heteroatoms. The molecule has 0 radical (unpaired) electrons. The highest BCUT2D eigenvalue weighted by molar-refractivity contribution is 5.95. The first kappa shape index (κ1) is 17.9. The molecule has 0 aromatic heterocycles. The molecule has 2 aromatic carbocycles. The zero-order valence-electron chi connectivity index (χ0n) is 14.7. The van der Waals surface area contributed by atoms with E-state index in [1.807, 2.05) is 31.2 Å². The summed E-state index contributed by atoms with van der Waals surface area (Å²) in [5.41, 5.74) is 3.66. The predicted molar refractivity (Wildman–Crippen MR) is 98.6 cm³/mol. The first-order valence-corrected chi connectivity index (χ1v) is 8.58. The summed E-state index contributed by atoms with van der Waals surface area (Å²) in [5.74, 6) is -0.939. The molecule has 1 aliphatic heterocycles. The largest absolute Gasteiger partial charge is 0.478 e. The van der Waals surface area contributed by atoms with Gasteiger partial charge in [0.1, 0.15) is 0 Å². The maximum atomic E-state index is 12.6. The van der Waals surface area contributed by atoms with Gasteiger partial charge in [-0.3, -0.25) is 4.79 Å². The minimum atomic E-state index is -0.943. The van der Waals surface area contributed by atoms with Crippen molar-refractivity contribution in [2.75, 3.05) is 31.6 Å². The smallest absolute Gasteiger partial charge is 0.335 e. The van der Waals surface area contributed by atoms with Gasteiger partial charge in [0.05, 0.1) is 18.8 Å². The van der Waals surface area contributed by atoms with E-state index in [4.69, 9.17) is 9.84 Å². The number of nitrogens with one attached hydrogen (secondary N) is 1. The number of anilines is 1. The van der Waals surface area contributed by atoms with Crippen molar-refractivity contribution in [1.82, 2.24) is 4.90 Å². The molecule has 0 bridgehead atoms. The maximum absolute atomic E-state index is 12.6. The number of nitrogens with zero attached hydrogens (tertiary/aromatic N) is 1. The van der Waals surface area contributed by atoms with Crippen LogP contribution in [0.4, 0.5) is 5.69 Å². The normalized spacial score (nSPS) is 14.1. The molecule has 2 aromatic rings. The van der Waals surface area contributed by atoms with Gasteiger partial charge in [0.15, 0.2) is 0 Å². The number of carboxylic acids is 1. The zero-order valence-corrected chi connectivity index (χ0v) is 14.7. The molecule has 6 nitrogen and oxygen atoms in total.